The lowest BCUT2D eigenvalue weighted by molar-refractivity contribution is 0.170. The Morgan fingerprint density at radius 3 is 2.67 bits per heavy atom. The summed E-state index contributed by atoms with van der Waals surface area (Å²) in [5, 5.41) is 2.97. The number of carbonyl (C=O) groups is 1. The van der Waals surface area contributed by atoms with Crippen molar-refractivity contribution in [1.82, 2.24) is 19.8 Å². The van der Waals surface area contributed by atoms with Crippen molar-refractivity contribution in [2.75, 3.05) is 19.6 Å². The molecule has 0 bridgehead atoms. The number of carbonyl (C=O) groups excluding carboxylic acids is 1. The molecular weight excluding hydrogens is 264 g/mol. The Morgan fingerprint density at radius 2 is 2.05 bits per heavy atom. The number of urea groups is 1. The van der Waals surface area contributed by atoms with Crippen LogP contribution in [0.15, 0.2) is 6.20 Å². The van der Waals surface area contributed by atoms with Gasteiger partial charge in [-0.05, 0) is 39.0 Å². The van der Waals surface area contributed by atoms with E-state index >= 15 is 0 Å². The Balaban J connectivity index is 1.61. The van der Waals surface area contributed by atoms with Crippen molar-refractivity contribution in [2.24, 2.45) is 0 Å². The molecule has 1 saturated carbocycles. The monoisotopic (exact) mass is 290 g/mol. The molecule has 1 aliphatic carbocycles. The lowest BCUT2D eigenvalue weighted by atomic mass is 10.0. The first-order valence-corrected chi connectivity index (χ1v) is 8.27. The minimum absolute atomic E-state index is 0.0973. The van der Waals surface area contributed by atoms with Gasteiger partial charge < -0.3 is 14.8 Å². The minimum atomic E-state index is 0.0973. The number of aryl methyl sites for hydroxylation is 1. The van der Waals surface area contributed by atoms with Gasteiger partial charge in [0.2, 0.25) is 0 Å². The first-order valence-electron chi connectivity index (χ1n) is 8.27. The molecule has 5 heteroatoms. The van der Waals surface area contributed by atoms with Crippen molar-refractivity contribution in [3.05, 3.63) is 17.7 Å². The topological polar surface area (TPSA) is 50.2 Å². The Labute approximate surface area is 126 Å². The van der Waals surface area contributed by atoms with Gasteiger partial charge in [0.15, 0.2) is 0 Å². The molecule has 1 N–H and O–H groups in total. The smallest absolute Gasteiger partial charge is 0.317 e. The number of rotatable bonds is 4. The van der Waals surface area contributed by atoms with E-state index in [0.29, 0.717) is 12.0 Å². The van der Waals surface area contributed by atoms with Crippen molar-refractivity contribution in [3.63, 3.8) is 0 Å². The Morgan fingerprint density at radius 1 is 1.33 bits per heavy atom. The minimum Gasteiger partial charge on any atom is -0.338 e. The summed E-state index contributed by atoms with van der Waals surface area (Å²) in [4.78, 5) is 18.6. The Kier molecular flexibility index (Phi) is 4.17. The molecule has 1 aromatic rings. The molecule has 3 rings (SSSR count). The zero-order chi connectivity index (χ0) is 14.8. The predicted octanol–water partition coefficient (Wildman–Crippen LogP) is 2.83. The zero-order valence-electron chi connectivity index (χ0n) is 13.1. The highest BCUT2D eigenvalue weighted by Gasteiger charge is 2.32. The fourth-order valence-corrected chi connectivity index (χ4v) is 3.25. The third kappa shape index (κ3) is 3.06. The molecule has 1 aliphatic heterocycles. The lowest BCUT2D eigenvalue weighted by Crippen LogP contribution is -2.45. The van der Waals surface area contributed by atoms with Crippen LogP contribution in [-0.2, 0) is 0 Å². The van der Waals surface area contributed by atoms with Crippen LogP contribution in [0.3, 0.4) is 0 Å². The molecule has 2 fully saturated rings. The fraction of sp³-hybridized carbons (Fsp3) is 0.750. The number of hydrogen-bond acceptors (Lipinski definition) is 2. The summed E-state index contributed by atoms with van der Waals surface area (Å²) in [5.41, 5.74) is 1.27. The van der Waals surface area contributed by atoms with E-state index in [9.17, 15) is 4.79 Å². The maximum absolute atomic E-state index is 12.0. The largest absolute Gasteiger partial charge is 0.338 e. The number of nitrogens with zero attached hydrogens (tertiary/aromatic N) is 3. The van der Waals surface area contributed by atoms with Crippen molar-refractivity contribution >= 4 is 6.03 Å². The first-order chi connectivity index (χ1) is 10.2. The molecule has 0 aromatic carbocycles. The lowest BCUT2D eigenvalue weighted by Gasteiger charge is -2.34. The van der Waals surface area contributed by atoms with Crippen LogP contribution in [-0.4, -0.2) is 40.1 Å². The molecule has 0 unspecified atom stereocenters. The second-order valence-corrected chi connectivity index (χ2v) is 6.35. The maximum Gasteiger partial charge on any atom is 0.317 e. The number of imidazole rings is 1. The second-order valence-electron chi connectivity index (χ2n) is 6.35. The molecule has 21 heavy (non-hydrogen) atoms. The van der Waals surface area contributed by atoms with Crippen molar-refractivity contribution < 1.29 is 4.79 Å². The van der Waals surface area contributed by atoms with Crippen LogP contribution in [0.25, 0.3) is 0 Å². The van der Waals surface area contributed by atoms with Crippen LogP contribution in [0.4, 0.5) is 4.79 Å². The molecule has 0 atom stereocenters. The van der Waals surface area contributed by atoms with Crippen LogP contribution in [0, 0.1) is 6.92 Å². The first kappa shape index (κ1) is 14.4. The van der Waals surface area contributed by atoms with Gasteiger partial charge in [-0.25, -0.2) is 9.78 Å². The van der Waals surface area contributed by atoms with Crippen LogP contribution in [0.5, 0.6) is 0 Å². The summed E-state index contributed by atoms with van der Waals surface area (Å²) in [6, 6.07) is 0.610. The van der Waals surface area contributed by atoms with Crippen molar-refractivity contribution in [2.45, 2.75) is 57.9 Å². The van der Waals surface area contributed by atoms with E-state index in [-0.39, 0.29) is 6.03 Å². The van der Waals surface area contributed by atoms with Crippen molar-refractivity contribution in [3.8, 4) is 0 Å². The molecule has 0 radical (unpaired) electrons. The molecule has 116 valence electrons. The summed E-state index contributed by atoms with van der Waals surface area (Å²) < 4.78 is 2.44. The van der Waals surface area contributed by atoms with Crippen LogP contribution >= 0.6 is 0 Å². The molecule has 2 aliphatic rings. The van der Waals surface area contributed by atoms with Crippen LogP contribution in [0.2, 0.25) is 0 Å². The average Bonchev–Trinajstić information content (AvgIpc) is 3.28. The number of likely N-dealkylation sites (tertiary alicyclic amines) is 1. The summed E-state index contributed by atoms with van der Waals surface area (Å²) >= 11 is 0. The number of amides is 2. The van der Waals surface area contributed by atoms with Crippen LogP contribution in [0.1, 0.15) is 62.5 Å². The van der Waals surface area contributed by atoms with E-state index in [2.05, 4.69) is 28.7 Å². The summed E-state index contributed by atoms with van der Waals surface area (Å²) in [5.74, 6) is 1.96. The van der Waals surface area contributed by atoms with Gasteiger partial charge in [0.05, 0.1) is 0 Å². The zero-order valence-corrected chi connectivity index (χ0v) is 13.1. The van der Waals surface area contributed by atoms with Gasteiger partial charge in [-0.2, -0.15) is 0 Å². The van der Waals surface area contributed by atoms with Gasteiger partial charge in [-0.1, -0.05) is 6.92 Å². The molecule has 0 spiro atoms. The molecule has 2 amide bonds. The highest BCUT2D eigenvalue weighted by molar-refractivity contribution is 5.74. The number of hydrogen-bond donors (Lipinski definition) is 1. The Hall–Kier alpha value is -1.52. The van der Waals surface area contributed by atoms with Gasteiger partial charge in [0.1, 0.15) is 5.82 Å². The van der Waals surface area contributed by atoms with E-state index in [0.717, 1.165) is 38.9 Å². The molecular formula is C16H26N4O. The molecule has 1 saturated heterocycles. The van der Waals surface area contributed by atoms with Crippen LogP contribution < -0.4 is 5.32 Å². The van der Waals surface area contributed by atoms with Gasteiger partial charge in [0.25, 0.3) is 0 Å². The molecule has 5 nitrogen and oxygen atoms in total. The summed E-state index contributed by atoms with van der Waals surface area (Å²) in [6.45, 7) is 6.70. The van der Waals surface area contributed by atoms with Gasteiger partial charge in [0, 0.05) is 43.5 Å². The van der Waals surface area contributed by atoms with E-state index in [1.807, 2.05) is 11.1 Å². The van der Waals surface area contributed by atoms with E-state index < -0.39 is 0 Å². The normalized spacial score (nSPS) is 19.8. The fourth-order valence-electron chi connectivity index (χ4n) is 3.25. The number of aromatic nitrogens is 2. The quantitative estimate of drug-likeness (QED) is 0.927. The van der Waals surface area contributed by atoms with Crippen molar-refractivity contribution in [1.29, 1.82) is 0 Å². The number of piperidine rings is 1. The highest BCUT2D eigenvalue weighted by Crippen LogP contribution is 2.41. The standard InChI is InChI=1S/C16H26N4O/c1-3-8-17-16(21)19-9-6-14(7-10-19)20-12(2)11-18-15(20)13-4-5-13/h11,13-14H,3-10H2,1-2H3,(H,17,21). The third-order valence-corrected chi connectivity index (χ3v) is 4.60. The van der Waals surface area contributed by atoms with E-state index in [4.69, 9.17) is 0 Å². The number of nitrogens with one attached hydrogen (secondary N) is 1. The third-order valence-electron chi connectivity index (χ3n) is 4.60. The SMILES string of the molecule is CCCNC(=O)N1CCC(n2c(C)cnc2C2CC2)CC1. The average molecular weight is 290 g/mol. The molecule has 2 heterocycles. The van der Waals surface area contributed by atoms with Gasteiger partial charge in [-0.3, -0.25) is 0 Å². The predicted molar refractivity (Wildman–Crippen MR) is 82.5 cm³/mol. The second kappa shape index (κ2) is 6.08. The molecule has 1 aromatic heterocycles. The van der Waals surface area contributed by atoms with Gasteiger partial charge >= 0.3 is 6.03 Å². The summed E-state index contributed by atoms with van der Waals surface area (Å²) in [6.07, 6.45) is 7.64. The summed E-state index contributed by atoms with van der Waals surface area (Å²) in [7, 11) is 0. The van der Waals surface area contributed by atoms with E-state index in [1.54, 1.807) is 0 Å². The Bertz CT molecular complexity index is 498. The maximum atomic E-state index is 12.0. The highest BCUT2D eigenvalue weighted by atomic mass is 16.2. The van der Waals surface area contributed by atoms with E-state index in [1.165, 1.54) is 24.4 Å². The van der Waals surface area contributed by atoms with Gasteiger partial charge in [-0.15, -0.1) is 0 Å².